The quantitative estimate of drug-likeness (QED) is 0.894. The maximum Gasteiger partial charge on any atom is 0.338 e. The summed E-state index contributed by atoms with van der Waals surface area (Å²) >= 11 is 5.82. The van der Waals surface area contributed by atoms with E-state index in [1.807, 2.05) is 0 Å². The molecule has 0 amide bonds. The van der Waals surface area contributed by atoms with E-state index >= 15 is 0 Å². The van der Waals surface area contributed by atoms with Gasteiger partial charge in [-0.2, -0.15) is 0 Å². The van der Waals surface area contributed by atoms with Gasteiger partial charge in [-0.3, -0.25) is 0 Å². The van der Waals surface area contributed by atoms with Gasteiger partial charge in [-0.1, -0.05) is 11.6 Å². The summed E-state index contributed by atoms with van der Waals surface area (Å²) in [5.74, 6) is -5.46. The first-order valence-electron chi connectivity index (χ1n) is 6.51. The Morgan fingerprint density at radius 3 is 2.81 bits per heavy atom. The second-order valence-corrected chi connectivity index (χ2v) is 5.60. The van der Waals surface area contributed by atoms with Crippen molar-refractivity contribution in [3.05, 3.63) is 28.5 Å². The molecule has 0 radical (unpaired) electrons. The van der Waals surface area contributed by atoms with Crippen LogP contribution in [0.3, 0.4) is 0 Å². The predicted octanol–water partition coefficient (Wildman–Crippen LogP) is 4.38. The van der Waals surface area contributed by atoms with Crippen molar-refractivity contribution in [1.82, 2.24) is 0 Å². The third-order valence-corrected chi connectivity index (χ3v) is 3.76. The maximum absolute atomic E-state index is 13.5. The topological polar surface area (TPSA) is 46.5 Å². The number of alkyl halides is 2. The van der Waals surface area contributed by atoms with E-state index < -0.39 is 23.3 Å². The van der Waals surface area contributed by atoms with Crippen molar-refractivity contribution in [2.24, 2.45) is 5.92 Å². The zero-order valence-corrected chi connectivity index (χ0v) is 11.8. The second-order valence-electron chi connectivity index (χ2n) is 5.20. The molecule has 1 atom stereocenters. The van der Waals surface area contributed by atoms with Crippen molar-refractivity contribution in [3.63, 3.8) is 0 Å². The van der Waals surface area contributed by atoms with E-state index in [0.717, 1.165) is 12.1 Å². The van der Waals surface area contributed by atoms with E-state index in [2.05, 4.69) is 0 Å². The summed E-state index contributed by atoms with van der Waals surface area (Å²) in [6, 6.07) is 1.82. The van der Waals surface area contributed by atoms with E-state index in [1.54, 1.807) is 0 Å². The van der Waals surface area contributed by atoms with E-state index in [0.29, 0.717) is 12.8 Å². The average Bonchev–Trinajstić information content (AvgIpc) is 2.38. The van der Waals surface area contributed by atoms with E-state index in [4.69, 9.17) is 21.4 Å². The molecule has 0 heterocycles. The zero-order chi connectivity index (χ0) is 15.6. The van der Waals surface area contributed by atoms with Crippen LogP contribution < -0.4 is 4.74 Å². The molecule has 1 aromatic carbocycles. The number of hydrogen-bond donors (Lipinski definition) is 1. The fraction of sp³-hybridized carbons (Fsp3) is 0.500. The first kappa shape index (κ1) is 15.9. The summed E-state index contributed by atoms with van der Waals surface area (Å²) in [4.78, 5) is 10.7. The molecule has 116 valence electrons. The van der Waals surface area contributed by atoms with Gasteiger partial charge in [0.15, 0.2) is 0 Å². The van der Waals surface area contributed by atoms with Crippen LogP contribution in [-0.4, -0.2) is 23.6 Å². The van der Waals surface area contributed by atoms with Crippen LogP contribution in [0.15, 0.2) is 12.1 Å². The lowest BCUT2D eigenvalue weighted by atomic mass is 9.87. The average molecular weight is 323 g/mol. The van der Waals surface area contributed by atoms with E-state index in [-0.39, 0.29) is 36.1 Å². The minimum absolute atomic E-state index is 0.00116. The Balaban J connectivity index is 2.03. The molecule has 21 heavy (non-hydrogen) atoms. The normalized spacial score (nSPS) is 21.0. The molecule has 0 bridgehead atoms. The van der Waals surface area contributed by atoms with Crippen molar-refractivity contribution < 1.29 is 27.8 Å². The van der Waals surface area contributed by atoms with Crippen LogP contribution in [0.25, 0.3) is 0 Å². The summed E-state index contributed by atoms with van der Waals surface area (Å²) in [5.41, 5.74) is -0.559. The van der Waals surface area contributed by atoms with Crippen molar-refractivity contribution in [3.8, 4) is 5.75 Å². The summed E-state index contributed by atoms with van der Waals surface area (Å²) in [6.45, 7) is 0.00116. The molecular weight excluding hydrogens is 309 g/mol. The van der Waals surface area contributed by atoms with Crippen LogP contribution in [0.5, 0.6) is 5.75 Å². The van der Waals surface area contributed by atoms with Gasteiger partial charge in [0.1, 0.15) is 11.6 Å². The number of halogens is 4. The predicted molar refractivity (Wildman–Crippen MR) is 70.8 cm³/mol. The van der Waals surface area contributed by atoms with Gasteiger partial charge in [0.2, 0.25) is 5.92 Å². The molecule has 0 saturated heterocycles. The highest BCUT2D eigenvalue weighted by molar-refractivity contribution is 6.32. The molecular formula is C14H14ClF3O3. The molecule has 1 saturated carbocycles. The summed E-state index contributed by atoms with van der Waals surface area (Å²) in [5, 5.41) is 8.69. The number of benzene rings is 1. The Morgan fingerprint density at radius 2 is 2.19 bits per heavy atom. The minimum atomic E-state index is -2.69. The van der Waals surface area contributed by atoms with E-state index in [1.165, 1.54) is 0 Å². The molecule has 1 fully saturated rings. The number of aromatic carboxylic acids is 1. The largest absolute Gasteiger partial charge is 0.492 e. The van der Waals surface area contributed by atoms with Gasteiger partial charge < -0.3 is 9.84 Å². The van der Waals surface area contributed by atoms with Crippen LogP contribution >= 0.6 is 11.6 Å². The number of ether oxygens (including phenoxy) is 1. The number of carboxylic acids is 1. The molecule has 1 aliphatic carbocycles. The third-order valence-electron chi connectivity index (χ3n) is 3.47. The maximum atomic E-state index is 13.5. The Bertz CT molecular complexity index is 549. The van der Waals surface area contributed by atoms with Gasteiger partial charge in [0, 0.05) is 18.9 Å². The molecule has 0 spiro atoms. The van der Waals surface area contributed by atoms with Gasteiger partial charge in [-0.25, -0.2) is 18.0 Å². The number of rotatable bonds is 4. The van der Waals surface area contributed by atoms with Crippen molar-refractivity contribution in [2.45, 2.75) is 31.6 Å². The highest BCUT2D eigenvalue weighted by Crippen LogP contribution is 2.37. The van der Waals surface area contributed by atoms with Crippen LogP contribution in [0.2, 0.25) is 5.02 Å². The zero-order valence-electron chi connectivity index (χ0n) is 11.0. The molecule has 7 heteroatoms. The monoisotopic (exact) mass is 322 g/mol. The Hall–Kier alpha value is -1.43. The lowest BCUT2D eigenvalue weighted by Gasteiger charge is -2.28. The first-order chi connectivity index (χ1) is 9.78. The molecule has 2 rings (SSSR count). The molecule has 1 unspecified atom stereocenters. The Labute approximate surface area is 124 Å². The molecule has 1 aliphatic rings. The van der Waals surface area contributed by atoms with E-state index in [9.17, 15) is 18.0 Å². The van der Waals surface area contributed by atoms with Crippen molar-refractivity contribution in [2.75, 3.05) is 6.61 Å². The van der Waals surface area contributed by atoms with Gasteiger partial charge in [0.05, 0.1) is 17.2 Å². The molecule has 0 aromatic heterocycles. The van der Waals surface area contributed by atoms with Crippen molar-refractivity contribution >= 4 is 17.6 Å². The van der Waals surface area contributed by atoms with Gasteiger partial charge in [0.25, 0.3) is 0 Å². The fourth-order valence-electron chi connectivity index (χ4n) is 2.43. The van der Waals surface area contributed by atoms with Crippen molar-refractivity contribution in [1.29, 1.82) is 0 Å². The van der Waals surface area contributed by atoms with Crippen LogP contribution in [0.1, 0.15) is 36.0 Å². The molecule has 0 aliphatic heterocycles. The number of hydrogen-bond acceptors (Lipinski definition) is 2. The molecule has 3 nitrogen and oxygen atoms in total. The van der Waals surface area contributed by atoms with Gasteiger partial charge in [-0.15, -0.1) is 0 Å². The standard InChI is InChI=1S/C14H14ClF3O3/c15-10-4-9(13(19)20)11(16)5-12(10)21-7-8-2-1-3-14(17,18)6-8/h4-5,8H,1-3,6-7H2,(H,19,20). The van der Waals surface area contributed by atoms with Gasteiger partial charge in [-0.05, 0) is 24.8 Å². The Morgan fingerprint density at radius 1 is 1.48 bits per heavy atom. The lowest BCUT2D eigenvalue weighted by molar-refractivity contribution is -0.0585. The fourth-order valence-corrected chi connectivity index (χ4v) is 2.65. The lowest BCUT2D eigenvalue weighted by Crippen LogP contribution is -2.29. The minimum Gasteiger partial charge on any atom is -0.492 e. The number of carbonyl (C=O) groups is 1. The highest BCUT2D eigenvalue weighted by atomic mass is 35.5. The van der Waals surface area contributed by atoms with Crippen LogP contribution in [0, 0.1) is 11.7 Å². The molecule has 1 N–H and O–H groups in total. The summed E-state index contributed by atoms with van der Waals surface area (Å²) in [6.07, 6.45) is 0.649. The SMILES string of the molecule is O=C(O)c1cc(Cl)c(OCC2CCCC(F)(F)C2)cc1F. The van der Waals surface area contributed by atoms with Crippen LogP contribution in [0.4, 0.5) is 13.2 Å². The first-order valence-corrected chi connectivity index (χ1v) is 6.89. The highest BCUT2D eigenvalue weighted by Gasteiger charge is 2.36. The molecule has 1 aromatic rings. The second kappa shape index (κ2) is 6.13. The number of carboxylic acid groups (broad SMARTS) is 1. The third kappa shape index (κ3) is 4.03. The van der Waals surface area contributed by atoms with Crippen LogP contribution in [-0.2, 0) is 0 Å². The smallest absolute Gasteiger partial charge is 0.338 e. The summed E-state index contributed by atoms with van der Waals surface area (Å²) in [7, 11) is 0. The Kier molecular flexibility index (Phi) is 4.66. The van der Waals surface area contributed by atoms with Gasteiger partial charge >= 0.3 is 5.97 Å². The summed E-state index contributed by atoms with van der Waals surface area (Å²) < 4.78 is 45.3.